The molecule has 0 aliphatic heterocycles. The Morgan fingerprint density at radius 3 is 2.18 bits per heavy atom. The highest BCUT2D eigenvalue weighted by molar-refractivity contribution is 8.00. The summed E-state index contributed by atoms with van der Waals surface area (Å²) < 4.78 is 10.3. The van der Waals surface area contributed by atoms with Gasteiger partial charge in [-0.2, -0.15) is 0 Å². The van der Waals surface area contributed by atoms with E-state index in [9.17, 15) is 24.6 Å². The molecular formula is C39H67NO8S. The second kappa shape index (κ2) is 32.8. The third kappa shape index (κ3) is 30.2. The molecule has 0 saturated carbocycles. The number of hydrogen-bond donors (Lipinski definition) is 4. The maximum absolute atomic E-state index is 12.5. The second-order valence-corrected chi connectivity index (χ2v) is 14.0. The number of thioether (sulfide) groups is 1. The van der Waals surface area contributed by atoms with Gasteiger partial charge in [-0.25, -0.2) is 0 Å². The van der Waals surface area contributed by atoms with Crippen molar-refractivity contribution < 1.29 is 39.2 Å². The van der Waals surface area contributed by atoms with Crippen LogP contribution in [0.5, 0.6) is 0 Å². The van der Waals surface area contributed by atoms with Crippen molar-refractivity contribution in [1.29, 1.82) is 0 Å². The molecular weight excluding hydrogens is 642 g/mol. The van der Waals surface area contributed by atoms with E-state index in [1.54, 1.807) is 12.2 Å². The van der Waals surface area contributed by atoms with E-state index in [-0.39, 0.29) is 37.8 Å². The number of carbonyl (C=O) groups is 3. The first-order valence-corrected chi connectivity index (χ1v) is 19.6. The summed E-state index contributed by atoms with van der Waals surface area (Å²) >= 11 is 1.27. The number of rotatable bonds is 32. The number of esters is 2. The topological polar surface area (TPSA) is 156 Å². The van der Waals surface area contributed by atoms with Crippen molar-refractivity contribution in [2.45, 2.75) is 153 Å². The molecule has 0 heterocycles. The van der Waals surface area contributed by atoms with Crippen molar-refractivity contribution in [2.75, 3.05) is 19.0 Å². The van der Waals surface area contributed by atoms with Gasteiger partial charge in [-0.15, -0.1) is 11.8 Å². The first kappa shape index (κ1) is 46.6. The van der Waals surface area contributed by atoms with E-state index in [1.165, 1.54) is 63.1 Å². The first-order chi connectivity index (χ1) is 23.6. The largest absolute Gasteiger partial charge is 0.481 e. The number of carboxylic acids is 1. The zero-order valence-electron chi connectivity index (χ0n) is 30.5. The molecule has 0 aromatic carbocycles. The number of aliphatic hydroxyl groups excluding tert-OH is 2. The molecule has 0 aromatic heterocycles. The Morgan fingerprint density at radius 1 is 0.776 bits per heavy atom. The number of carboxylic acid groups (broad SMARTS) is 1. The van der Waals surface area contributed by atoms with Crippen LogP contribution in [0, 0.1) is 5.92 Å². The van der Waals surface area contributed by atoms with Gasteiger partial charge < -0.3 is 30.5 Å². The third-order valence-corrected chi connectivity index (χ3v) is 9.51. The van der Waals surface area contributed by atoms with Gasteiger partial charge in [0, 0.05) is 23.8 Å². The van der Waals surface area contributed by atoms with Gasteiger partial charge in [0.05, 0.1) is 6.10 Å². The lowest BCUT2D eigenvalue weighted by Crippen LogP contribution is -2.38. The van der Waals surface area contributed by atoms with Gasteiger partial charge in [0.1, 0.15) is 25.4 Å². The van der Waals surface area contributed by atoms with Crippen molar-refractivity contribution in [1.82, 2.24) is 0 Å². The summed E-state index contributed by atoms with van der Waals surface area (Å²) in [6.07, 6.45) is 29.2. The second-order valence-electron chi connectivity index (χ2n) is 12.8. The minimum Gasteiger partial charge on any atom is -0.481 e. The minimum absolute atomic E-state index is 0.0435. The zero-order chi connectivity index (χ0) is 36.5. The Bertz CT molecular complexity index is 967. The summed E-state index contributed by atoms with van der Waals surface area (Å²) in [4.78, 5) is 35.4. The van der Waals surface area contributed by atoms with Gasteiger partial charge in [-0.3, -0.25) is 14.4 Å². The number of hydrogen-bond acceptors (Lipinski definition) is 9. The normalized spacial score (nSPS) is 15.2. The van der Waals surface area contributed by atoms with E-state index in [2.05, 4.69) is 39.0 Å². The van der Waals surface area contributed by atoms with Gasteiger partial charge in [0.25, 0.3) is 0 Å². The van der Waals surface area contributed by atoms with Gasteiger partial charge in [0.15, 0.2) is 0 Å². The summed E-state index contributed by atoms with van der Waals surface area (Å²) in [5, 5.41) is 29.4. The van der Waals surface area contributed by atoms with Crippen LogP contribution in [0.3, 0.4) is 0 Å². The quantitative estimate of drug-likeness (QED) is 0.0235. The van der Waals surface area contributed by atoms with Crippen LogP contribution in [0.25, 0.3) is 0 Å². The lowest BCUT2D eigenvalue weighted by molar-refractivity contribution is -0.153. The number of unbranched alkanes of at least 4 members (excludes halogenated alkanes) is 8. The standard InChI is InChI=1S/C39H67NO8S/c1-4-6-7-8-9-10-11-12-13-14-18-21-26-36(35(42)25-23-27-37(43)44)49-31-34(40)39(46)48-30-33(41)29-47-38(45)28-22-19-16-15-17-20-24-32(3)5-2/h9-10,12-14,18,21,26,32-36,41-42H,4-8,11,15-17,19-20,22-25,27-31,40H2,1-3H3,(H,43,44)/b10-9-,13-12-,18-14+,26-21+/t32?,33-,34+,35+,36-/m1/s1. The fourth-order valence-corrected chi connectivity index (χ4v) is 5.86. The average molecular weight is 710 g/mol. The number of allylic oxidation sites excluding steroid dienone is 7. The van der Waals surface area contributed by atoms with Crippen LogP contribution in [-0.4, -0.2) is 75.7 Å². The maximum atomic E-state index is 12.5. The fourth-order valence-electron chi connectivity index (χ4n) is 4.74. The molecule has 0 fully saturated rings. The van der Waals surface area contributed by atoms with Crippen molar-refractivity contribution in [3.05, 3.63) is 48.6 Å². The molecule has 0 aliphatic rings. The Morgan fingerprint density at radius 2 is 1.47 bits per heavy atom. The van der Waals surface area contributed by atoms with E-state index >= 15 is 0 Å². The van der Waals surface area contributed by atoms with Gasteiger partial charge in [-0.05, 0) is 44.4 Å². The first-order valence-electron chi connectivity index (χ1n) is 18.5. The van der Waals surface area contributed by atoms with Gasteiger partial charge >= 0.3 is 17.9 Å². The molecule has 0 aromatic rings. The molecule has 9 nitrogen and oxygen atoms in total. The number of aliphatic carboxylic acids is 1. The SMILES string of the molecule is CCCCC/C=C\C\C=C/C=C/C=C/[C@@H](SC[C@H](N)C(=O)OC[C@H](O)COC(=O)CCCCCCCCC(C)CC)[C@@H](O)CCCC(=O)O. The van der Waals surface area contributed by atoms with Crippen LogP contribution in [0.4, 0.5) is 0 Å². The molecule has 49 heavy (non-hydrogen) atoms. The van der Waals surface area contributed by atoms with Crippen molar-refractivity contribution >= 4 is 29.7 Å². The van der Waals surface area contributed by atoms with Crippen LogP contribution in [0.15, 0.2) is 48.6 Å². The number of nitrogens with two attached hydrogens (primary N) is 1. The molecule has 1 unspecified atom stereocenters. The molecule has 5 atom stereocenters. The Hall–Kier alpha value is -2.40. The smallest absolute Gasteiger partial charge is 0.323 e. The molecule has 0 saturated heterocycles. The third-order valence-electron chi connectivity index (χ3n) is 8.10. The van der Waals surface area contributed by atoms with Gasteiger partial charge in [-0.1, -0.05) is 127 Å². The Balaban J connectivity index is 4.51. The van der Waals surface area contributed by atoms with E-state index in [0.717, 1.165) is 38.0 Å². The van der Waals surface area contributed by atoms with E-state index in [0.29, 0.717) is 12.8 Å². The van der Waals surface area contributed by atoms with E-state index in [4.69, 9.17) is 20.3 Å². The zero-order valence-corrected chi connectivity index (χ0v) is 31.3. The van der Waals surface area contributed by atoms with Crippen LogP contribution < -0.4 is 5.73 Å². The summed E-state index contributed by atoms with van der Waals surface area (Å²) in [5.74, 6) is -1.09. The minimum atomic E-state index is -1.16. The summed E-state index contributed by atoms with van der Waals surface area (Å²) in [6.45, 7) is 6.09. The molecule has 0 rings (SSSR count). The lowest BCUT2D eigenvalue weighted by atomic mass is 10.00. The summed E-state index contributed by atoms with van der Waals surface area (Å²) in [7, 11) is 0. The molecule has 10 heteroatoms. The summed E-state index contributed by atoms with van der Waals surface area (Å²) in [5.41, 5.74) is 6.03. The Labute approximate surface area is 300 Å². The molecule has 0 aliphatic carbocycles. The number of ether oxygens (including phenoxy) is 2. The molecule has 0 radical (unpaired) electrons. The monoisotopic (exact) mass is 709 g/mol. The van der Waals surface area contributed by atoms with Crippen LogP contribution in [0.1, 0.15) is 130 Å². The summed E-state index contributed by atoms with van der Waals surface area (Å²) in [6, 6.07) is -1.01. The molecule has 282 valence electrons. The van der Waals surface area contributed by atoms with Crippen molar-refractivity contribution in [3.8, 4) is 0 Å². The predicted octanol–water partition coefficient (Wildman–Crippen LogP) is 7.84. The Kier molecular flexibility index (Phi) is 31.2. The van der Waals surface area contributed by atoms with Crippen molar-refractivity contribution in [2.24, 2.45) is 11.7 Å². The van der Waals surface area contributed by atoms with Crippen LogP contribution >= 0.6 is 11.8 Å². The fraction of sp³-hybridized carbons (Fsp3) is 0.718. The molecule has 0 bridgehead atoms. The van der Waals surface area contributed by atoms with Crippen LogP contribution in [-0.2, 0) is 23.9 Å². The molecule has 0 amide bonds. The maximum Gasteiger partial charge on any atom is 0.323 e. The molecule has 5 N–H and O–H groups in total. The number of aliphatic hydroxyl groups is 2. The highest BCUT2D eigenvalue weighted by Crippen LogP contribution is 2.21. The van der Waals surface area contributed by atoms with E-state index < -0.39 is 35.4 Å². The highest BCUT2D eigenvalue weighted by Gasteiger charge is 2.23. The predicted molar refractivity (Wildman–Crippen MR) is 201 cm³/mol. The average Bonchev–Trinajstić information content (AvgIpc) is 3.08. The lowest BCUT2D eigenvalue weighted by Gasteiger charge is -2.21. The number of carbonyl (C=O) groups excluding carboxylic acids is 2. The van der Waals surface area contributed by atoms with Crippen LogP contribution in [0.2, 0.25) is 0 Å². The highest BCUT2D eigenvalue weighted by atomic mass is 32.2. The van der Waals surface area contributed by atoms with Gasteiger partial charge in [0.2, 0.25) is 0 Å². The van der Waals surface area contributed by atoms with E-state index in [1.807, 2.05) is 18.2 Å². The van der Waals surface area contributed by atoms with Crippen molar-refractivity contribution in [3.63, 3.8) is 0 Å². The molecule has 0 spiro atoms.